The second-order valence-electron chi connectivity index (χ2n) is 3.40. The minimum Gasteiger partial charge on any atom is -0.494 e. The number of ether oxygens (including phenoxy) is 1. The predicted octanol–water partition coefficient (Wildman–Crippen LogP) is 2.81. The Bertz CT molecular complexity index is 237. The first-order valence-corrected chi connectivity index (χ1v) is 4.55. The lowest BCUT2D eigenvalue weighted by Crippen LogP contribution is -2.10. The largest absolute Gasteiger partial charge is 0.494 e. The van der Waals surface area contributed by atoms with Gasteiger partial charge in [0.25, 0.3) is 0 Å². The van der Waals surface area contributed by atoms with Gasteiger partial charge in [-0.05, 0) is 30.8 Å². The fourth-order valence-corrected chi connectivity index (χ4v) is 2.13. The lowest BCUT2D eigenvalue weighted by molar-refractivity contribution is 0.182. The molecule has 1 nitrogen and oxygen atoms in total. The monoisotopic (exact) mass is 162 g/mol. The van der Waals surface area contributed by atoms with Gasteiger partial charge in [0.1, 0.15) is 6.10 Å². The summed E-state index contributed by atoms with van der Waals surface area (Å²) in [4.78, 5) is 0. The number of allylic oxidation sites excluding steroid dienone is 3. The number of rotatable bonds is 2. The second-order valence-corrected chi connectivity index (χ2v) is 3.40. The molecule has 0 N–H and O–H groups in total. The van der Waals surface area contributed by atoms with E-state index in [1.807, 2.05) is 0 Å². The van der Waals surface area contributed by atoms with Crippen molar-refractivity contribution in [3.63, 3.8) is 0 Å². The highest BCUT2D eigenvalue weighted by molar-refractivity contribution is 5.27. The molecule has 0 aromatic rings. The maximum atomic E-state index is 5.43. The third kappa shape index (κ3) is 1.20. The topological polar surface area (TPSA) is 9.23 Å². The van der Waals surface area contributed by atoms with Gasteiger partial charge in [-0.15, -0.1) is 0 Å². The summed E-state index contributed by atoms with van der Waals surface area (Å²) in [5.41, 5.74) is 1.47. The first-order valence-electron chi connectivity index (χ1n) is 4.55. The summed E-state index contributed by atoms with van der Waals surface area (Å²) < 4.78 is 5.43. The van der Waals surface area contributed by atoms with Gasteiger partial charge in [0, 0.05) is 0 Å². The highest BCUT2D eigenvalue weighted by atomic mass is 16.5. The molecule has 1 fully saturated rings. The van der Waals surface area contributed by atoms with E-state index in [1.54, 1.807) is 6.26 Å². The molecule has 1 heteroatoms. The standard InChI is InChI=1S/C11H14O/c1-2-12-11-8-7-9-5-3-4-6-10(9)11/h2-4,6,9,11H,1,5,7-8H2. The lowest BCUT2D eigenvalue weighted by Gasteiger charge is -2.17. The van der Waals surface area contributed by atoms with Crippen LogP contribution < -0.4 is 0 Å². The Balaban J connectivity index is 2.13. The van der Waals surface area contributed by atoms with Crippen molar-refractivity contribution < 1.29 is 4.74 Å². The van der Waals surface area contributed by atoms with Gasteiger partial charge >= 0.3 is 0 Å². The molecule has 2 aliphatic rings. The summed E-state index contributed by atoms with van der Waals surface area (Å²) in [6.45, 7) is 3.59. The van der Waals surface area contributed by atoms with Gasteiger partial charge in [-0.25, -0.2) is 0 Å². The fourth-order valence-electron chi connectivity index (χ4n) is 2.13. The predicted molar refractivity (Wildman–Crippen MR) is 49.6 cm³/mol. The summed E-state index contributed by atoms with van der Waals surface area (Å²) in [6.07, 6.45) is 12.1. The molecule has 0 aromatic carbocycles. The summed E-state index contributed by atoms with van der Waals surface area (Å²) in [5, 5.41) is 0. The molecular weight excluding hydrogens is 148 g/mol. The highest BCUT2D eigenvalue weighted by Crippen LogP contribution is 2.37. The number of hydrogen-bond donors (Lipinski definition) is 0. The number of hydrogen-bond acceptors (Lipinski definition) is 1. The van der Waals surface area contributed by atoms with E-state index in [-0.39, 0.29) is 0 Å². The van der Waals surface area contributed by atoms with Gasteiger partial charge < -0.3 is 4.74 Å². The molecule has 2 aliphatic carbocycles. The molecule has 0 spiro atoms. The van der Waals surface area contributed by atoms with Gasteiger partial charge in [0.15, 0.2) is 0 Å². The van der Waals surface area contributed by atoms with Gasteiger partial charge in [0.05, 0.1) is 6.26 Å². The molecule has 0 aliphatic heterocycles. The maximum Gasteiger partial charge on any atom is 0.119 e. The molecule has 0 amide bonds. The summed E-state index contributed by atoms with van der Waals surface area (Å²) in [6, 6.07) is 0. The van der Waals surface area contributed by atoms with Crippen molar-refractivity contribution in [3.8, 4) is 0 Å². The first kappa shape index (κ1) is 7.66. The van der Waals surface area contributed by atoms with Crippen molar-refractivity contribution >= 4 is 0 Å². The van der Waals surface area contributed by atoms with Crippen molar-refractivity contribution in [3.05, 3.63) is 36.6 Å². The second kappa shape index (κ2) is 3.18. The van der Waals surface area contributed by atoms with E-state index in [4.69, 9.17) is 4.74 Å². The van der Waals surface area contributed by atoms with Crippen molar-refractivity contribution in [2.75, 3.05) is 0 Å². The van der Waals surface area contributed by atoms with Crippen LogP contribution in [0.2, 0.25) is 0 Å². The molecule has 0 radical (unpaired) electrons. The molecule has 2 atom stereocenters. The highest BCUT2D eigenvalue weighted by Gasteiger charge is 2.30. The third-order valence-corrected chi connectivity index (χ3v) is 2.73. The molecule has 0 saturated heterocycles. The van der Waals surface area contributed by atoms with E-state index in [1.165, 1.54) is 18.4 Å². The van der Waals surface area contributed by atoms with E-state index >= 15 is 0 Å². The molecular formula is C11H14O. The Labute approximate surface area is 73.4 Å². The van der Waals surface area contributed by atoms with Crippen LogP contribution in [0.15, 0.2) is 36.6 Å². The van der Waals surface area contributed by atoms with Crippen LogP contribution in [0.5, 0.6) is 0 Å². The molecule has 0 bridgehead atoms. The van der Waals surface area contributed by atoms with Crippen LogP contribution in [0.25, 0.3) is 0 Å². The van der Waals surface area contributed by atoms with Crippen LogP contribution in [-0.2, 0) is 4.74 Å². The first-order chi connectivity index (χ1) is 5.92. The van der Waals surface area contributed by atoms with Crippen molar-refractivity contribution in [1.29, 1.82) is 0 Å². The zero-order valence-corrected chi connectivity index (χ0v) is 7.20. The SMILES string of the molecule is C=COC1CCC2CC=CC=C21. The van der Waals surface area contributed by atoms with Gasteiger partial charge in [0.2, 0.25) is 0 Å². The van der Waals surface area contributed by atoms with E-state index in [9.17, 15) is 0 Å². The molecule has 64 valence electrons. The fraction of sp³-hybridized carbons (Fsp3) is 0.455. The van der Waals surface area contributed by atoms with Crippen LogP contribution in [0, 0.1) is 5.92 Å². The average Bonchev–Trinajstić information content (AvgIpc) is 2.50. The molecule has 0 heterocycles. The third-order valence-electron chi connectivity index (χ3n) is 2.73. The van der Waals surface area contributed by atoms with Crippen molar-refractivity contribution in [2.24, 2.45) is 5.92 Å². The van der Waals surface area contributed by atoms with Crippen LogP contribution in [0.3, 0.4) is 0 Å². The molecule has 1 saturated carbocycles. The van der Waals surface area contributed by atoms with E-state index in [2.05, 4.69) is 24.8 Å². The lowest BCUT2D eigenvalue weighted by atomic mass is 9.94. The Kier molecular flexibility index (Phi) is 2.03. The Morgan fingerprint density at radius 1 is 1.50 bits per heavy atom. The summed E-state index contributed by atoms with van der Waals surface area (Å²) >= 11 is 0. The Hall–Kier alpha value is -0.980. The molecule has 2 unspecified atom stereocenters. The van der Waals surface area contributed by atoms with Gasteiger partial charge in [-0.3, -0.25) is 0 Å². The van der Waals surface area contributed by atoms with Gasteiger partial charge in [-0.1, -0.05) is 24.8 Å². The Morgan fingerprint density at radius 2 is 2.42 bits per heavy atom. The van der Waals surface area contributed by atoms with Crippen LogP contribution in [-0.4, -0.2) is 6.10 Å². The maximum absolute atomic E-state index is 5.43. The normalized spacial score (nSPS) is 32.5. The molecule has 0 aromatic heterocycles. The van der Waals surface area contributed by atoms with Gasteiger partial charge in [-0.2, -0.15) is 0 Å². The van der Waals surface area contributed by atoms with E-state index < -0.39 is 0 Å². The van der Waals surface area contributed by atoms with E-state index in [0.29, 0.717) is 6.10 Å². The summed E-state index contributed by atoms with van der Waals surface area (Å²) in [7, 11) is 0. The van der Waals surface area contributed by atoms with Crippen molar-refractivity contribution in [1.82, 2.24) is 0 Å². The average molecular weight is 162 g/mol. The minimum atomic E-state index is 0.317. The van der Waals surface area contributed by atoms with Crippen LogP contribution in [0.4, 0.5) is 0 Å². The van der Waals surface area contributed by atoms with Crippen molar-refractivity contribution in [2.45, 2.75) is 25.4 Å². The van der Waals surface area contributed by atoms with Crippen LogP contribution in [0.1, 0.15) is 19.3 Å². The quantitative estimate of drug-likeness (QED) is 0.567. The zero-order chi connectivity index (χ0) is 8.39. The van der Waals surface area contributed by atoms with Crippen LogP contribution >= 0.6 is 0 Å². The molecule has 12 heavy (non-hydrogen) atoms. The van der Waals surface area contributed by atoms with E-state index in [0.717, 1.165) is 12.3 Å². The number of fused-ring (bicyclic) bond motifs is 1. The minimum absolute atomic E-state index is 0.317. The Morgan fingerprint density at radius 3 is 3.25 bits per heavy atom. The summed E-state index contributed by atoms with van der Waals surface area (Å²) in [5.74, 6) is 0.750. The zero-order valence-electron chi connectivity index (χ0n) is 7.20. The smallest absolute Gasteiger partial charge is 0.119 e. The molecule has 2 rings (SSSR count).